The molecule has 1 aromatic carbocycles. The summed E-state index contributed by atoms with van der Waals surface area (Å²) >= 11 is 0. The molecule has 2 N–H and O–H groups in total. The van der Waals surface area contributed by atoms with E-state index in [1.165, 1.54) is 0 Å². The Morgan fingerprint density at radius 1 is 1.13 bits per heavy atom. The van der Waals surface area contributed by atoms with Gasteiger partial charge in [0.1, 0.15) is 17.8 Å². The SMILES string of the molecule is CC1=C(C(=O)Nc2ccc3[nH]nc(-c4cc(N5CC6(CN(C)C6)C5)ncn4)c3c2)C(C)n2nnnc2N1C. The van der Waals surface area contributed by atoms with E-state index in [9.17, 15) is 4.79 Å². The number of benzene rings is 1. The van der Waals surface area contributed by atoms with Crippen LogP contribution in [0.5, 0.6) is 0 Å². The van der Waals surface area contributed by atoms with E-state index in [0.717, 1.165) is 60.0 Å². The van der Waals surface area contributed by atoms with E-state index in [1.54, 1.807) is 11.0 Å². The van der Waals surface area contributed by atoms with Crippen LogP contribution in [0.25, 0.3) is 22.3 Å². The van der Waals surface area contributed by atoms with Crippen LogP contribution in [-0.2, 0) is 4.79 Å². The molecule has 1 atom stereocenters. The maximum atomic E-state index is 13.4. The number of carbonyl (C=O) groups excluding carboxylic acids is 1. The molecule has 0 saturated carbocycles. The molecule has 0 radical (unpaired) electrons. The molecule has 38 heavy (non-hydrogen) atoms. The van der Waals surface area contributed by atoms with Crippen molar-refractivity contribution in [3.8, 4) is 11.4 Å². The number of H-pyrrole nitrogens is 1. The first-order chi connectivity index (χ1) is 18.3. The average molecular weight is 513 g/mol. The van der Waals surface area contributed by atoms with Gasteiger partial charge in [-0.2, -0.15) is 5.10 Å². The predicted octanol–water partition coefficient (Wildman–Crippen LogP) is 1.68. The Morgan fingerprint density at radius 3 is 2.74 bits per heavy atom. The molecule has 3 aliphatic heterocycles. The zero-order valence-corrected chi connectivity index (χ0v) is 21.7. The first-order valence-corrected chi connectivity index (χ1v) is 12.6. The second-order valence-electron chi connectivity index (χ2n) is 10.7. The highest BCUT2D eigenvalue weighted by molar-refractivity contribution is 6.07. The van der Waals surface area contributed by atoms with Crippen molar-refractivity contribution in [3.63, 3.8) is 0 Å². The number of hydrogen-bond donors (Lipinski definition) is 2. The minimum absolute atomic E-state index is 0.204. The minimum atomic E-state index is -0.301. The molecule has 13 heteroatoms. The second-order valence-corrected chi connectivity index (χ2v) is 10.7. The predicted molar refractivity (Wildman–Crippen MR) is 142 cm³/mol. The molecule has 194 valence electrons. The Bertz CT molecular complexity index is 1610. The minimum Gasteiger partial charge on any atom is -0.355 e. The fourth-order valence-corrected chi connectivity index (χ4v) is 6.13. The average Bonchev–Trinajstić information content (AvgIpc) is 3.52. The standard InChI is InChI=1S/C25H28N12O/c1-14-21(15(2)37-24(35(14)4)31-32-33-37)23(38)28-16-5-6-18-17(7-16)22(30-29-18)19-8-20(27-13-26-19)36-11-25(12-36)9-34(3)10-25/h5-8,13,15H,9-12H2,1-4H3,(H,28,38)(H,29,30). The molecule has 7 rings (SSSR count). The summed E-state index contributed by atoms with van der Waals surface area (Å²) in [6.45, 7) is 8.13. The molecule has 2 saturated heterocycles. The number of aromatic nitrogens is 8. The van der Waals surface area contributed by atoms with Crippen molar-refractivity contribution < 1.29 is 4.79 Å². The molecule has 1 spiro atoms. The Labute approximate surface area is 218 Å². The van der Waals surface area contributed by atoms with E-state index in [2.05, 4.69) is 57.9 Å². The van der Waals surface area contributed by atoms with Crippen LogP contribution in [0.1, 0.15) is 19.9 Å². The van der Waals surface area contributed by atoms with Gasteiger partial charge in [-0.1, -0.05) is 5.10 Å². The number of tetrazole rings is 1. The summed E-state index contributed by atoms with van der Waals surface area (Å²) in [6.07, 6.45) is 1.60. The molecule has 4 aromatic rings. The number of allylic oxidation sites excluding steroid dienone is 1. The normalized spacial score (nSPS) is 20.5. The molecular weight excluding hydrogens is 484 g/mol. The largest absolute Gasteiger partial charge is 0.355 e. The van der Waals surface area contributed by atoms with Gasteiger partial charge in [0, 0.05) is 61.5 Å². The van der Waals surface area contributed by atoms with Gasteiger partial charge in [0.2, 0.25) is 5.95 Å². The summed E-state index contributed by atoms with van der Waals surface area (Å²) in [5.41, 5.74) is 4.80. The van der Waals surface area contributed by atoms with E-state index in [1.807, 2.05) is 50.1 Å². The first-order valence-electron chi connectivity index (χ1n) is 12.6. The number of hydrogen-bond acceptors (Lipinski definition) is 10. The lowest BCUT2D eigenvalue weighted by molar-refractivity contribution is -0.113. The van der Waals surface area contributed by atoms with Crippen molar-refractivity contribution in [1.82, 2.24) is 45.3 Å². The van der Waals surface area contributed by atoms with Crippen molar-refractivity contribution in [2.45, 2.75) is 19.9 Å². The van der Waals surface area contributed by atoms with Crippen LogP contribution >= 0.6 is 0 Å². The van der Waals surface area contributed by atoms with Gasteiger partial charge in [0.15, 0.2) is 0 Å². The highest BCUT2D eigenvalue weighted by Crippen LogP contribution is 2.41. The Morgan fingerprint density at radius 2 is 1.95 bits per heavy atom. The summed E-state index contributed by atoms with van der Waals surface area (Å²) in [7, 11) is 4.01. The van der Waals surface area contributed by atoms with Gasteiger partial charge in [0.25, 0.3) is 5.91 Å². The van der Waals surface area contributed by atoms with Crippen molar-refractivity contribution >= 4 is 34.3 Å². The number of amides is 1. The lowest BCUT2D eigenvalue weighted by Gasteiger charge is -2.59. The fraction of sp³-hybridized carbons (Fsp3) is 0.400. The van der Waals surface area contributed by atoms with Gasteiger partial charge in [-0.3, -0.25) is 9.89 Å². The Balaban J connectivity index is 1.15. The summed E-state index contributed by atoms with van der Waals surface area (Å²) in [5.74, 6) is 1.31. The topological polar surface area (TPSA) is 137 Å². The van der Waals surface area contributed by atoms with Gasteiger partial charge < -0.3 is 20.0 Å². The van der Waals surface area contributed by atoms with Crippen LogP contribution in [0.2, 0.25) is 0 Å². The second kappa shape index (κ2) is 8.05. The molecule has 6 heterocycles. The lowest BCUT2D eigenvalue weighted by atomic mass is 9.73. The van der Waals surface area contributed by atoms with E-state index in [-0.39, 0.29) is 11.9 Å². The van der Waals surface area contributed by atoms with Crippen molar-refractivity contribution in [2.75, 3.05) is 55.4 Å². The van der Waals surface area contributed by atoms with Crippen molar-refractivity contribution in [3.05, 3.63) is 41.9 Å². The van der Waals surface area contributed by atoms with Gasteiger partial charge >= 0.3 is 0 Å². The number of nitrogens with zero attached hydrogens (tertiary/aromatic N) is 10. The number of likely N-dealkylation sites (tertiary alicyclic amines) is 1. The van der Waals surface area contributed by atoms with E-state index in [4.69, 9.17) is 0 Å². The zero-order chi connectivity index (χ0) is 26.2. The third-order valence-corrected chi connectivity index (χ3v) is 8.00. The monoisotopic (exact) mass is 512 g/mol. The molecule has 0 bridgehead atoms. The molecular formula is C25H28N12O. The third kappa shape index (κ3) is 3.38. The summed E-state index contributed by atoms with van der Waals surface area (Å²) in [6, 6.07) is 7.38. The fourth-order valence-electron chi connectivity index (χ4n) is 6.13. The highest BCUT2D eigenvalue weighted by Gasteiger charge is 2.50. The van der Waals surface area contributed by atoms with Crippen LogP contribution in [-0.4, -0.2) is 91.5 Å². The van der Waals surface area contributed by atoms with Gasteiger partial charge in [-0.25, -0.2) is 14.6 Å². The lowest BCUT2D eigenvalue weighted by Crippen LogP contribution is -2.71. The Hall–Kier alpha value is -4.39. The quantitative estimate of drug-likeness (QED) is 0.415. The van der Waals surface area contributed by atoms with E-state index < -0.39 is 0 Å². The number of aromatic amines is 1. The van der Waals surface area contributed by atoms with Crippen LogP contribution in [0.15, 0.2) is 41.9 Å². The van der Waals surface area contributed by atoms with Crippen molar-refractivity contribution in [1.29, 1.82) is 0 Å². The summed E-state index contributed by atoms with van der Waals surface area (Å²) in [4.78, 5) is 28.9. The van der Waals surface area contributed by atoms with Crippen LogP contribution in [0.3, 0.4) is 0 Å². The zero-order valence-electron chi connectivity index (χ0n) is 21.7. The number of fused-ring (bicyclic) bond motifs is 2. The maximum Gasteiger partial charge on any atom is 0.255 e. The number of carbonyl (C=O) groups is 1. The number of nitrogens with one attached hydrogen (secondary N) is 2. The van der Waals surface area contributed by atoms with E-state index >= 15 is 0 Å². The van der Waals surface area contributed by atoms with Crippen LogP contribution in [0.4, 0.5) is 17.5 Å². The highest BCUT2D eigenvalue weighted by atomic mass is 16.1. The van der Waals surface area contributed by atoms with Gasteiger partial charge in [-0.05, 0) is 49.5 Å². The van der Waals surface area contributed by atoms with Gasteiger partial charge in [-0.15, -0.1) is 0 Å². The van der Waals surface area contributed by atoms with Crippen molar-refractivity contribution in [2.24, 2.45) is 5.41 Å². The van der Waals surface area contributed by atoms with Crippen LogP contribution in [0, 0.1) is 5.41 Å². The molecule has 3 aliphatic rings. The molecule has 13 nitrogen and oxygen atoms in total. The summed E-state index contributed by atoms with van der Waals surface area (Å²) < 4.78 is 1.65. The molecule has 0 aliphatic carbocycles. The van der Waals surface area contributed by atoms with Gasteiger partial charge in [0.05, 0.1) is 22.8 Å². The summed E-state index contributed by atoms with van der Waals surface area (Å²) in [5, 5.41) is 23.4. The third-order valence-electron chi connectivity index (χ3n) is 8.00. The molecule has 1 amide bonds. The maximum absolute atomic E-state index is 13.4. The molecule has 1 unspecified atom stereocenters. The van der Waals surface area contributed by atoms with Crippen LogP contribution < -0.4 is 15.1 Å². The number of anilines is 3. The smallest absolute Gasteiger partial charge is 0.255 e. The Kier molecular flexibility index (Phi) is 4.83. The van der Waals surface area contributed by atoms with E-state index in [0.29, 0.717) is 22.6 Å². The number of rotatable bonds is 4. The first kappa shape index (κ1) is 22.8. The molecule has 2 fully saturated rings. The molecule has 3 aromatic heterocycles.